The molecule has 4 nitrogen and oxygen atoms in total. The molecule has 0 saturated heterocycles. The maximum atomic E-state index is 6.14. The van der Waals surface area contributed by atoms with Gasteiger partial charge >= 0.3 is 0 Å². The fourth-order valence-corrected chi connectivity index (χ4v) is 2.19. The van der Waals surface area contributed by atoms with Gasteiger partial charge in [0.05, 0.1) is 17.4 Å². The Kier molecular flexibility index (Phi) is 4.41. The van der Waals surface area contributed by atoms with E-state index in [1.54, 1.807) is 6.20 Å². The van der Waals surface area contributed by atoms with E-state index < -0.39 is 0 Å². The number of aromatic nitrogens is 2. The third-order valence-electron chi connectivity index (χ3n) is 3.03. The van der Waals surface area contributed by atoms with Crippen LogP contribution in [0.1, 0.15) is 5.56 Å². The van der Waals surface area contributed by atoms with Gasteiger partial charge in [0.25, 0.3) is 0 Å². The Balaban J connectivity index is 1.75. The van der Waals surface area contributed by atoms with Crippen LogP contribution in [-0.2, 0) is 0 Å². The van der Waals surface area contributed by atoms with Crippen LogP contribution in [0.4, 0.5) is 5.82 Å². The van der Waals surface area contributed by atoms with Crippen molar-refractivity contribution in [2.75, 3.05) is 5.43 Å². The summed E-state index contributed by atoms with van der Waals surface area (Å²) in [4.78, 5) is 0. The topological polar surface area (TPSA) is 50.2 Å². The van der Waals surface area contributed by atoms with Gasteiger partial charge in [-0.2, -0.15) is 10.2 Å². The summed E-state index contributed by atoms with van der Waals surface area (Å²) in [6.45, 7) is 0. The Bertz CT molecular complexity index is 823. The van der Waals surface area contributed by atoms with Crippen molar-refractivity contribution in [3.05, 3.63) is 71.4 Å². The molecule has 0 bridgehead atoms. The van der Waals surface area contributed by atoms with E-state index in [9.17, 15) is 0 Å². The molecule has 3 aromatic rings. The Morgan fingerprint density at radius 1 is 1.05 bits per heavy atom. The molecule has 5 heteroatoms. The first-order valence-electron chi connectivity index (χ1n) is 6.75. The number of hydrazone groups is 1. The molecule has 0 aliphatic carbocycles. The van der Waals surface area contributed by atoms with Crippen molar-refractivity contribution in [2.24, 2.45) is 5.10 Å². The fourth-order valence-electron chi connectivity index (χ4n) is 2.01. The third kappa shape index (κ3) is 3.48. The monoisotopic (exact) mass is 308 g/mol. The zero-order valence-corrected chi connectivity index (χ0v) is 12.4. The van der Waals surface area contributed by atoms with Gasteiger partial charge in [-0.25, -0.2) is 0 Å². The minimum atomic E-state index is 0.520. The van der Waals surface area contributed by atoms with Gasteiger partial charge in [-0.3, -0.25) is 5.43 Å². The minimum absolute atomic E-state index is 0.520. The Morgan fingerprint density at radius 2 is 1.82 bits per heavy atom. The van der Waals surface area contributed by atoms with E-state index in [1.165, 1.54) is 6.21 Å². The van der Waals surface area contributed by atoms with Crippen LogP contribution in [-0.4, -0.2) is 16.4 Å². The quantitative estimate of drug-likeness (QED) is 0.577. The predicted octanol–water partition coefficient (Wildman–Crippen LogP) is 4.31. The summed E-state index contributed by atoms with van der Waals surface area (Å²) in [6, 6.07) is 17.6. The molecule has 0 saturated carbocycles. The molecule has 22 heavy (non-hydrogen) atoms. The predicted molar refractivity (Wildman–Crippen MR) is 91.9 cm³/mol. The van der Waals surface area contributed by atoms with Crippen LogP contribution in [0, 0.1) is 0 Å². The third-order valence-corrected chi connectivity index (χ3v) is 3.24. The Labute approximate surface area is 133 Å². The van der Waals surface area contributed by atoms with E-state index in [0.29, 0.717) is 10.9 Å². The molecule has 0 aliphatic rings. The van der Waals surface area contributed by atoms with Gasteiger partial charge in [-0.15, -0.1) is 5.10 Å². The van der Waals surface area contributed by atoms with Crippen molar-refractivity contribution in [3.63, 3.8) is 0 Å². The largest absolute Gasteiger partial charge is 0.259 e. The van der Waals surface area contributed by atoms with Gasteiger partial charge in [0.15, 0.2) is 5.82 Å². The average molecular weight is 309 g/mol. The normalized spacial score (nSPS) is 12.0. The number of benzene rings is 2. The molecule has 1 N–H and O–H groups in total. The van der Waals surface area contributed by atoms with Crippen LogP contribution in [0.15, 0.2) is 70.9 Å². The van der Waals surface area contributed by atoms with Gasteiger partial charge in [0.2, 0.25) is 0 Å². The number of hydrogen-bond acceptors (Lipinski definition) is 4. The Hall–Kier alpha value is -2.72. The van der Waals surface area contributed by atoms with Gasteiger partial charge in [0.1, 0.15) is 0 Å². The second kappa shape index (κ2) is 6.83. The maximum absolute atomic E-state index is 6.14. The summed E-state index contributed by atoms with van der Waals surface area (Å²) >= 11 is 6.14. The zero-order chi connectivity index (χ0) is 15.2. The molecule has 1 aromatic heterocycles. The molecule has 0 fully saturated rings. The van der Waals surface area contributed by atoms with Crippen molar-refractivity contribution in [3.8, 4) is 0 Å². The molecule has 0 unspecified atom stereocenters. The molecule has 3 rings (SSSR count). The summed E-state index contributed by atoms with van der Waals surface area (Å²) in [5.41, 5.74) is 3.89. The SMILES string of the molecule is ClC(/C=N\Nc1nncc2ccccc12)=C\c1ccccc1. The van der Waals surface area contributed by atoms with Crippen molar-refractivity contribution < 1.29 is 0 Å². The second-order valence-corrected chi connectivity index (χ2v) is 5.03. The first kappa shape index (κ1) is 14.2. The summed E-state index contributed by atoms with van der Waals surface area (Å²) in [7, 11) is 0. The lowest BCUT2D eigenvalue weighted by molar-refractivity contribution is 1.04. The van der Waals surface area contributed by atoms with Crippen LogP contribution < -0.4 is 5.43 Å². The molecule has 2 aromatic carbocycles. The average Bonchev–Trinajstić information content (AvgIpc) is 2.56. The molecule has 108 valence electrons. The van der Waals surface area contributed by atoms with Crippen LogP contribution >= 0.6 is 11.6 Å². The van der Waals surface area contributed by atoms with Crippen molar-refractivity contribution >= 4 is 40.5 Å². The molecule has 0 spiro atoms. The standard InChI is InChI=1S/C17H13ClN4/c18-15(10-13-6-2-1-3-7-13)12-20-22-17-16-9-5-4-8-14(16)11-19-21-17/h1-12H,(H,21,22)/b15-10-,20-12-. The number of rotatable bonds is 4. The van der Waals surface area contributed by atoms with E-state index in [2.05, 4.69) is 20.7 Å². The highest BCUT2D eigenvalue weighted by Crippen LogP contribution is 2.19. The van der Waals surface area contributed by atoms with E-state index in [1.807, 2.05) is 60.7 Å². The van der Waals surface area contributed by atoms with Crippen LogP contribution in [0.25, 0.3) is 16.8 Å². The second-order valence-electron chi connectivity index (χ2n) is 4.59. The lowest BCUT2D eigenvalue weighted by Crippen LogP contribution is -1.96. The fraction of sp³-hybridized carbons (Fsp3) is 0. The molecule has 0 amide bonds. The first-order valence-corrected chi connectivity index (χ1v) is 7.12. The summed E-state index contributed by atoms with van der Waals surface area (Å²) in [6.07, 6.45) is 5.09. The van der Waals surface area contributed by atoms with E-state index >= 15 is 0 Å². The molecule has 1 heterocycles. The summed E-state index contributed by atoms with van der Waals surface area (Å²) in [5.74, 6) is 0.596. The molecular weight excluding hydrogens is 296 g/mol. The number of nitrogens with zero attached hydrogens (tertiary/aromatic N) is 3. The van der Waals surface area contributed by atoms with Gasteiger partial charge in [0, 0.05) is 10.8 Å². The number of hydrogen-bond donors (Lipinski definition) is 1. The Morgan fingerprint density at radius 3 is 2.68 bits per heavy atom. The first-order chi connectivity index (χ1) is 10.8. The highest BCUT2D eigenvalue weighted by Gasteiger charge is 2.00. The molecule has 0 radical (unpaired) electrons. The van der Waals surface area contributed by atoms with E-state index in [-0.39, 0.29) is 0 Å². The summed E-state index contributed by atoms with van der Waals surface area (Å²) in [5, 5.41) is 14.6. The van der Waals surface area contributed by atoms with Crippen molar-refractivity contribution in [1.29, 1.82) is 0 Å². The molecule has 0 aliphatic heterocycles. The van der Waals surface area contributed by atoms with Crippen LogP contribution in [0.5, 0.6) is 0 Å². The number of halogens is 1. The smallest absolute Gasteiger partial charge is 0.176 e. The summed E-state index contributed by atoms with van der Waals surface area (Å²) < 4.78 is 0. The number of allylic oxidation sites excluding steroid dienone is 1. The van der Waals surface area contributed by atoms with Crippen molar-refractivity contribution in [2.45, 2.75) is 0 Å². The molecular formula is C17H13ClN4. The number of anilines is 1. The molecule has 0 atom stereocenters. The van der Waals surface area contributed by atoms with Crippen LogP contribution in [0.3, 0.4) is 0 Å². The van der Waals surface area contributed by atoms with Crippen molar-refractivity contribution in [1.82, 2.24) is 10.2 Å². The number of nitrogens with one attached hydrogen (secondary N) is 1. The lowest BCUT2D eigenvalue weighted by Gasteiger charge is -2.02. The number of fused-ring (bicyclic) bond motifs is 1. The van der Waals surface area contributed by atoms with E-state index in [4.69, 9.17) is 11.6 Å². The van der Waals surface area contributed by atoms with Gasteiger partial charge < -0.3 is 0 Å². The van der Waals surface area contributed by atoms with E-state index in [0.717, 1.165) is 16.3 Å². The maximum Gasteiger partial charge on any atom is 0.176 e. The van der Waals surface area contributed by atoms with Gasteiger partial charge in [-0.05, 0) is 11.6 Å². The minimum Gasteiger partial charge on any atom is -0.259 e. The van der Waals surface area contributed by atoms with Gasteiger partial charge in [-0.1, -0.05) is 66.2 Å². The van der Waals surface area contributed by atoms with Crippen LogP contribution in [0.2, 0.25) is 0 Å². The highest BCUT2D eigenvalue weighted by atomic mass is 35.5. The zero-order valence-electron chi connectivity index (χ0n) is 11.6. The highest BCUT2D eigenvalue weighted by molar-refractivity contribution is 6.41. The lowest BCUT2D eigenvalue weighted by atomic mass is 10.2.